The van der Waals surface area contributed by atoms with E-state index in [4.69, 9.17) is 0 Å². The van der Waals surface area contributed by atoms with Gasteiger partial charge in [0.2, 0.25) is 0 Å². The Bertz CT molecular complexity index is 1860. The maximum atomic E-state index is 13.3. The van der Waals surface area contributed by atoms with Crippen LogP contribution < -0.4 is 5.32 Å². The molecule has 0 atom stereocenters. The van der Waals surface area contributed by atoms with Crippen molar-refractivity contribution in [1.82, 2.24) is 0 Å². The molecule has 40 heavy (non-hydrogen) atoms. The molecule has 2 aliphatic rings. The minimum atomic E-state index is -0.271. The summed E-state index contributed by atoms with van der Waals surface area (Å²) in [4.78, 5) is 28.9. The van der Waals surface area contributed by atoms with Crippen LogP contribution in [0, 0.1) is 0 Å². The van der Waals surface area contributed by atoms with Crippen LogP contribution in [0.25, 0.3) is 16.8 Å². The summed E-state index contributed by atoms with van der Waals surface area (Å²) in [5.41, 5.74) is 8.29. The fourth-order valence-corrected chi connectivity index (χ4v) is 8.45. The zero-order chi connectivity index (χ0) is 27.8. The number of hydrogen-bond acceptors (Lipinski definition) is 3. The van der Waals surface area contributed by atoms with Crippen molar-refractivity contribution in [3.8, 4) is 0 Å². The molecule has 4 aromatic carbocycles. The summed E-state index contributed by atoms with van der Waals surface area (Å²) in [5, 5.41) is 5.71. The molecule has 0 spiro atoms. The maximum absolute atomic E-state index is 13.3. The van der Waals surface area contributed by atoms with Gasteiger partial charge < -0.3 is 0 Å². The van der Waals surface area contributed by atoms with Crippen molar-refractivity contribution >= 4 is 54.3 Å². The van der Waals surface area contributed by atoms with E-state index < -0.39 is 0 Å². The average molecular weight is 587 g/mol. The monoisotopic (exact) mass is 587 g/mol. The third-order valence-electron chi connectivity index (χ3n) is 8.76. The summed E-state index contributed by atoms with van der Waals surface area (Å²) in [5.74, 6) is -0.338. The minimum absolute atomic E-state index is 0.0355. The molecule has 1 aliphatic heterocycles. The van der Waals surface area contributed by atoms with Crippen molar-refractivity contribution in [1.29, 1.82) is 0 Å². The van der Waals surface area contributed by atoms with Gasteiger partial charge in [-0.1, -0.05) is 0 Å². The molecule has 0 unspecified atom stereocenters. The van der Waals surface area contributed by atoms with Crippen LogP contribution in [0.2, 0.25) is 0 Å². The number of carbonyl (C=O) groups is 2. The number of fused-ring (bicyclic) bond motifs is 4. The molecule has 1 aromatic heterocycles. The van der Waals surface area contributed by atoms with Gasteiger partial charge in [-0.3, -0.25) is 0 Å². The van der Waals surface area contributed by atoms with Gasteiger partial charge in [0.05, 0.1) is 0 Å². The molecule has 2 heterocycles. The number of carbonyl (C=O) groups excluding carboxylic acids is 2. The molecule has 0 fully saturated rings. The van der Waals surface area contributed by atoms with Crippen LogP contribution >= 0.6 is 0 Å². The van der Waals surface area contributed by atoms with Crippen molar-refractivity contribution in [3.63, 3.8) is 0 Å². The van der Waals surface area contributed by atoms with E-state index in [1.165, 1.54) is 27.9 Å². The fourth-order valence-electron chi connectivity index (χ4n) is 6.34. The van der Waals surface area contributed by atoms with Crippen LogP contribution in [0.4, 0.5) is 11.4 Å². The third kappa shape index (κ3) is 3.63. The van der Waals surface area contributed by atoms with E-state index in [0.29, 0.717) is 11.1 Å². The molecule has 0 amide bonds. The van der Waals surface area contributed by atoms with E-state index in [-0.39, 0.29) is 42.5 Å². The van der Waals surface area contributed by atoms with E-state index in [1.807, 2.05) is 42.5 Å². The van der Waals surface area contributed by atoms with E-state index in [0.717, 1.165) is 20.9 Å². The molecule has 0 radical (unpaired) electrons. The van der Waals surface area contributed by atoms with Gasteiger partial charge in [-0.05, 0) is 0 Å². The zero-order valence-electron chi connectivity index (χ0n) is 23.0. The molecular weight excluding hydrogens is 557 g/mol. The van der Waals surface area contributed by atoms with Crippen LogP contribution in [0.1, 0.15) is 75.1 Å². The molecule has 0 bridgehead atoms. The van der Waals surface area contributed by atoms with E-state index in [2.05, 4.69) is 86.5 Å². The van der Waals surface area contributed by atoms with Gasteiger partial charge in [0.1, 0.15) is 0 Å². The Balaban J connectivity index is 1.26. The number of hydrogen-bond donors (Lipinski definition) is 1. The van der Waals surface area contributed by atoms with Gasteiger partial charge in [-0.25, -0.2) is 0 Å². The van der Waals surface area contributed by atoms with Crippen molar-refractivity contribution in [3.05, 3.63) is 133 Å². The second kappa shape index (κ2) is 8.76. The Hall–Kier alpha value is -3.98. The molecule has 1 aliphatic carbocycles. The Labute approximate surface area is 240 Å². The number of para-hydroxylation sites is 2. The Morgan fingerprint density at radius 3 is 2.10 bits per heavy atom. The number of rotatable bonds is 3. The van der Waals surface area contributed by atoms with Crippen LogP contribution in [0.3, 0.4) is 0 Å². The average Bonchev–Trinajstić information content (AvgIpc) is 3.52. The molecule has 0 saturated carbocycles. The predicted octanol–water partition coefficient (Wildman–Crippen LogP) is 8.07. The SMILES string of the molecule is CC(C)(c1c[se]c(C=C2C(=O)c3cc4ccccc4cc3C2=O)c1)c1cccc2c1Nc1ccccc1C2(C)C. The standard InChI is InChI=1S/C36H29NO2Se/c1-35(2,29-13-9-14-30-32(29)37-31-15-8-7-12-28(31)36(30,3)4)23-18-24(40-20-23)19-27-33(38)25-16-21-10-5-6-11-22(21)17-26(25)34(27)39/h5-20,37H,1-4H3. The number of anilines is 2. The second-order valence-corrected chi connectivity index (χ2v) is 13.8. The number of allylic oxidation sites excluding steroid dienone is 1. The summed E-state index contributed by atoms with van der Waals surface area (Å²) < 4.78 is 1.05. The van der Waals surface area contributed by atoms with Gasteiger partial charge in [-0.15, -0.1) is 0 Å². The Kier molecular flexibility index (Phi) is 5.48. The van der Waals surface area contributed by atoms with Crippen LogP contribution in [0.15, 0.2) is 95.4 Å². The Morgan fingerprint density at radius 1 is 0.775 bits per heavy atom. The molecule has 7 rings (SSSR count). The van der Waals surface area contributed by atoms with Gasteiger partial charge in [0.25, 0.3) is 0 Å². The quantitative estimate of drug-likeness (QED) is 0.132. The number of nitrogens with one attached hydrogen (secondary N) is 1. The second-order valence-electron chi connectivity index (χ2n) is 11.8. The van der Waals surface area contributed by atoms with Gasteiger partial charge in [0.15, 0.2) is 0 Å². The molecule has 3 nitrogen and oxygen atoms in total. The van der Waals surface area contributed by atoms with E-state index in [9.17, 15) is 9.59 Å². The summed E-state index contributed by atoms with van der Waals surface area (Å²) in [7, 11) is 0. The summed E-state index contributed by atoms with van der Waals surface area (Å²) >= 11 is 0.0355. The first-order chi connectivity index (χ1) is 19.2. The molecule has 4 heteroatoms. The molecule has 1 N–H and O–H groups in total. The molecule has 5 aromatic rings. The first-order valence-electron chi connectivity index (χ1n) is 13.6. The van der Waals surface area contributed by atoms with Crippen molar-refractivity contribution in [2.24, 2.45) is 0 Å². The number of ketones is 2. The van der Waals surface area contributed by atoms with Crippen LogP contribution in [0.5, 0.6) is 0 Å². The van der Waals surface area contributed by atoms with E-state index in [1.54, 1.807) is 0 Å². The van der Waals surface area contributed by atoms with Gasteiger partial charge >= 0.3 is 241 Å². The fraction of sp³-hybridized carbons (Fsp3) is 0.167. The van der Waals surface area contributed by atoms with Crippen LogP contribution in [-0.2, 0) is 10.8 Å². The normalized spacial score (nSPS) is 15.4. The zero-order valence-corrected chi connectivity index (χ0v) is 24.7. The number of Topliss-reactive ketones (excluding diaryl/α,β-unsaturated/α-hetero) is 2. The Morgan fingerprint density at radius 2 is 1.40 bits per heavy atom. The first kappa shape index (κ1) is 25.0. The van der Waals surface area contributed by atoms with Crippen molar-refractivity contribution in [2.75, 3.05) is 5.32 Å². The van der Waals surface area contributed by atoms with Crippen molar-refractivity contribution in [2.45, 2.75) is 38.5 Å². The predicted molar refractivity (Wildman–Crippen MR) is 164 cm³/mol. The molecule has 0 saturated heterocycles. The van der Waals surface area contributed by atoms with Gasteiger partial charge in [0, 0.05) is 0 Å². The summed E-state index contributed by atoms with van der Waals surface area (Å²) in [6.45, 7) is 9.11. The van der Waals surface area contributed by atoms with Crippen molar-refractivity contribution < 1.29 is 9.59 Å². The topological polar surface area (TPSA) is 46.2 Å². The summed E-state index contributed by atoms with van der Waals surface area (Å²) in [6.07, 6.45) is 1.84. The van der Waals surface area contributed by atoms with Crippen LogP contribution in [-0.4, -0.2) is 26.1 Å². The summed E-state index contributed by atoms with van der Waals surface area (Å²) in [6, 6.07) is 28.9. The molecule has 196 valence electrons. The molecular formula is C36H29NO2Se. The number of benzene rings is 4. The van der Waals surface area contributed by atoms with E-state index >= 15 is 0 Å². The van der Waals surface area contributed by atoms with Gasteiger partial charge in [-0.2, -0.15) is 0 Å². The third-order valence-corrected chi connectivity index (χ3v) is 10.6. The first-order valence-corrected chi connectivity index (χ1v) is 15.4.